The molecule has 0 aromatic carbocycles. The molecule has 0 radical (unpaired) electrons. The van der Waals surface area contributed by atoms with Crippen LogP contribution < -0.4 is 11.1 Å². The van der Waals surface area contributed by atoms with Crippen molar-refractivity contribution in [3.8, 4) is 0 Å². The van der Waals surface area contributed by atoms with Crippen molar-refractivity contribution < 1.29 is 4.79 Å². The average Bonchev–Trinajstić information content (AvgIpc) is 2.20. The van der Waals surface area contributed by atoms with Crippen molar-refractivity contribution >= 4 is 23.2 Å². The first-order valence-corrected chi connectivity index (χ1v) is 4.69. The van der Waals surface area contributed by atoms with Crippen LogP contribution in [0, 0.1) is 0 Å². The molecule has 5 heteroatoms. The van der Waals surface area contributed by atoms with Crippen LogP contribution >= 0.6 is 11.6 Å². The fraction of sp³-hybridized carbons (Fsp3) is 0.333. The van der Waals surface area contributed by atoms with Gasteiger partial charge < -0.3 is 11.1 Å². The fourth-order valence-corrected chi connectivity index (χ4v) is 0.982. The number of nitrogens with one attached hydrogen (secondary N) is 1. The van der Waals surface area contributed by atoms with Gasteiger partial charge in [0.15, 0.2) is 0 Å². The molecule has 0 aliphatic heterocycles. The van der Waals surface area contributed by atoms with Crippen molar-refractivity contribution in [1.29, 1.82) is 0 Å². The van der Waals surface area contributed by atoms with Crippen molar-refractivity contribution in [3.63, 3.8) is 0 Å². The third kappa shape index (κ3) is 2.97. The van der Waals surface area contributed by atoms with Gasteiger partial charge in [-0.25, -0.2) is 4.98 Å². The van der Waals surface area contributed by atoms with E-state index in [1.54, 1.807) is 12.1 Å². The number of halogens is 1. The minimum atomic E-state index is -0.481. The smallest absolute Gasteiger partial charge is 0.241 e. The molecule has 3 N–H and O–H groups in total. The highest BCUT2D eigenvalue weighted by Crippen LogP contribution is 2.09. The number of rotatable bonds is 3. The second kappa shape index (κ2) is 4.93. The number of pyridine rings is 1. The highest BCUT2D eigenvalue weighted by molar-refractivity contribution is 6.29. The summed E-state index contributed by atoms with van der Waals surface area (Å²) in [6.45, 7) is 1.85. The number of aromatic nitrogens is 1. The van der Waals surface area contributed by atoms with Crippen LogP contribution in [0.5, 0.6) is 0 Å². The Hall–Kier alpha value is -1.13. The van der Waals surface area contributed by atoms with Crippen molar-refractivity contribution in [2.75, 3.05) is 5.32 Å². The molecule has 0 saturated heterocycles. The van der Waals surface area contributed by atoms with Crippen LogP contribution in [0.1, 0.15) is 13.3 Å². The highest BCUT2D eigenvalue weighted by atomic mass is 35.5. The van der Waals surface area contributed by atoms with Gasteiger partial charge in [0, 0.05) is 0 Å². The molecule has 1 amide bonds. The average molecular weight is 214 g/mol. The molecule has 0 aliphatic rings. The maximum atomic E-state index is 11.3. The van der Waals surface area contributed by atoms with E-state index in [4.69, 9.17) is 17.3 Å². The molecular formula is C9H12ClN3O. The lowest BCUT2D eigenvalue weighted by atomic mass is 10.2. The highest BCUT2D eigenvalue weighted by Gasteiger charge is 2.10. The molecular weight excluding hydrogens is 202 g/mol. The van der Waals surface area contributed by atoms with Crippen molar-refractivity contribution in [2.45, 2.75) is 19.4 Å². The molecule has 1 rings (SSSR count). The van der Waals surface area contributed by atoms with Gasteiger partial charge in [-0.1, -0.05) is 18.5 Å². The normalized spacial score (nSPS) is 12.2. The van der Waals surface area contributed by atoms with Gasteiger partial charge in [-0.2, -0.15) is 0 Å². The van der Waals surface area contributed by atoms with E-state index in [0.29, 0.717) is 17.3 Å². The zero-order chi connectivity index (χ0) is 10.6. The molecule has 14 heavy (non-hydrogen) atoms. The first-order valence-electron chi connectivity index (χ1n) is 4.31. The minimum Gasteiger partial charge on any atom is -0.323 e. The van der Waals surface area contributed by atoms with E-state index in [9.17, 15) is 4.79 Å². The Morgan fingerprint density at radius 2 is 2.43 bits per heavy atom. The Morgan fingerprint density at radius 3 is 2.93 bits per heavy atom. The molecule has 0 aliphatic carbocycles. The van der Waals surface area contributed by atoms with E-state index in [1.807, 2.05) is 6.92 Å². The Morgan fingerprint density at radius 1 is 1.71 bits per heavy atom. The van der Waals surface area contributed by atoms with Crippen LogP contribution in [0.2, 0.25) is 5.15 Å². The number of nitrogens with two attached hydrogens (primary N) is 1. The Balaban J connectivity index is 2.60. The summed E-state index contributed by atoms with van der Waals surface area (Å²) in [5, 5.41) is 3.03. The van der Waals surface area contributed by atoms with Gasteiger partial charge in [0.2, 0.25) is 5.91 Å². The van der Waals surface area contributed by atoms with Gasteiger partial charge >= 0.3 is 0 Å². The van der Waals surface area contributed by atoms with E-state index in [2.05, 4.69) is 10.3 Å². The maximum absolute atomic E-state index is 11.3. The number of amides is 1. The lowest BCUT2D eigenvalue weighted by molar-refractivity contribution is -0.117. The van der Waals surface area contributed by atoms with E-state index < -0.39 is 6.04 Å². The van der Waals surface area contributed by atoms with E-state index >= 15 is 0 Å². The quantitative estimate of drug-likeness (QED) is 0.746. The summed E-state index contributed by atoms with van der Waals surface area (Å²) in [4.78, 5) is 15.2. The zero-order valence-corrected chi connectivity index (χ0v) is 8.58. The molecule has 0 saturated carbocycles. The second-order valence-electron chi connectivity index (χ2n) is 2.87. The van der Waals surface area contributed by atoms with Crippen molar-refractivity contribution in [2.24, 2.45) is 5.73 Å². The zero-order valence-electron chi connectivity index (χ0n) is 7.83. The Kier molecular flexibility index (Phi) is 3.85. The summed E-state index contributed by atoms with van der Waals surface area (Å²) in [7, 11) is 0. The standard InChI is InChI=1S/C9H12ClN3O/c1-2-7(11)9(14)13-6-3-4-8(10)12-5-6/h3-5,7H,2,11H2,1H3,(H,13,14)/t7-/m1/s1. The third-order valence-electron chi connectivity index (χ3n) is 1.77. The van der Waals surface area contributed by atoms with Crippen LogP contribution in [0.15, 0.2) is 18.3 Å². The molecule has 1 aromatic rings. The van der Waals surface area contributed by atoms with Gasteiger partial charge in [-0.05, 0) is 18.6 Å². The molecule has 76 valence electrons. The number of carbonyl (C=O) groups is 1. The van der Waals surface area contributed by atoms with Gasteiger partial charge in [-0.3, -0.25) is 4.79 Å². The van der Waals surface area contributed by atoms with E-state index in [0.717, 1.165) is 0 Å². The van der Waals surface area contributed by atoms with E-state index in [1.165, 1.54) is 6.20 Å². The number of anilines is 1. The minimum absolute atomic E-state index is 0.211. The Bertz CT molecular complexity index is 312. The molecule has 4 nitrogen and oxygen atoms in total. The lowest BCUT2D eigenvalue weighted by Crippen LogP contribution is -2.34. The van der Waals surface area contributed by atoms with Crippen molar-refractivity contribution in [3.05, 3.63) is 23.5 Å². The largest absolute Gasteiger partial charge is 0.323 e. The second-order valence-corrected chi connectivity index (χ2v) is 3.26. The summed E-state index contributed by atoms with van der Waals surface area (Å²) in [5.41, 5.74) is 6.14. The maximum Gasteiger partial charge on any atom is 0.241 e. The predicted molar refractivity (Wildman–Crippen MR) is 56.1 cm³/mol. The van der Waals surface area contributed by atoms with Gasteiger partial charge in [-0.15, -0.1) is 0 Å². The predicted octanol–water partition coefficient (Wildman–Crippen LogP) is 1.41. The number of nitrogens with zero attached hydrogens (tertiary/aromatic N) is 1. The number of hydrogen-bond acceptors (Lipinski definition) is 3. The molecule has 1 atom stereocenters. The third-order valence-corrected chi connectivity index (χ3v) is 2.00. The molecule has 0 fully saturated rings. The van der Waals surface area contributed by atoms with Gasteiger partial charge in [0.25, 0.3) is 0 Å². The van der Waals surface area contributed by atoms with Crippen LogP contribution in [0.3, 0.4) is 0 Å². The van der Waals surface area contributed by atoms with Gasteiger partial charge in [0.1, 0.15) is 5.15 Å². The fourth-order valence-electron chi connectivity index (χ4n) is 0.870. The molecule has 1 aromatic heterocycles. The number of hydrogen-bond donors (Lipinski definition) is 2. The number of carbonyl (C=O) groups excluding carboxylic acids is 1. The van der Waals surface area contributed by atoms with Crippen LogP contribution in [-0.2, 0) is 4.79 Å². The topological polar surface area (TPSA) is 68.0 Å². The monoisotopic (exact) mass is 213 g/mol. The van der Waals surface area contributed by atoms with Gasteiger partial charge in [0.05, 0.1) is 17.9 Å². The molecule has 1 heterocycles. The molecule has 0 unspecified atom stereocenters. The van der Waals surface area contributed by atoms with Crippen molar-refractivity contribution in [1.82, 2.24) is 4.98 Å². The summed E-state index contributed by atoms with van der Waals surface area (Å²) in [5.74, 6) is -0.211. The molecule has 0 spiro atoms. The summed E-state index contributed by atoms with van der Waals surface area (Å²) in [6.07, 6.45) is 2.09. The lowest BCUT2D eigenvalue weighted by Gasteiger charge is -2.09. The first-order chi connectivity index (χ1) is 6.63. The Labute approximate surface area is 87.5 Å². The summed E-state index contributed by atoms with van der Waals surface area (Å²) < 4.78 is 0. The SMILES string of the molecule is CC[C@@H](N)C(=O)Nc1ccc(Cl)nc1. The first kappa shape index (κ1) is 10.9. The van der Waals surface area contributed by atoms with E-state index in [-0.39, 0.29) is 5.91 Å². The molecule has 0 bridgehead atoms. The summed E-state index contributed by atoms with van der Waals surface area (Å²) >= 11 is 5.59. The van der Waals surface area contributed by atoms with Crippen LogP contribution in [0.25, 0.3) is 0 Å². The van der Waals surface area contributed by atoms with Crippen LogP contribution in [0.4, 0.5) is 5.69 Å². The van der Waals surface area contributed by atoms with Crippen LogP contribution in [-0.4, -0.2) is 16.9 Å². The summed E-state index contributed by atoms with van der Waals surface area (Å²) in [6, 6.07) is 2.80.